The van der Waals surface area contributed by atoms with E-state index in [1.165, 1.54) is 0 Å². The summed E-state index contributed by atoms with van der Waals surface area (Å²) in [5.41, 5.74) is 0.184. The summed E-state index contributed by atoms with van der Waals surface area (Å²) in [7, 11) is 0. The van der Waals surface area contributed by atoms with Gasteiger partial charge in [-0.25, -0.2) is 0 Å². The average Bonchev–Trinajstić information content (AvgIpc) is 2.35. The number of carboxylic acids is 1. The summed E-state index contributed by atoms with van der Waals surface area (Å²) in [6.07, 6.45) is 0.874. The fraction of sp³-hybridized carbons (Fsp3) is 0.875. The van der Waals surface area contributed by atoms with Crippen molar-refractivity contribution in [1.82, 2.24) is 0 Å². The highest BCUT2D eigenvalue weighted by molar-refractivity contribution is 5.73. The van der Waals surface area contributed by atoms with Crippen LogP contribution >= 0.6 is 0 Å². The Kier molecular flexibility index (Phi) is 1.50. The van der Waals surface area contributed by atoms with E-state index < -0.39 is 5.97 Å². The zero-order valence-electron chi connectivity index (χ0n) is 6.72. The first-order valence-electron chi connectivity index (χ1n) is 3.65. The Bertz CT molecular complexity index is 155. The second-order valence-electron chi connectivity index (χ2n) is 4.15. The Morgan fingerprint density at radius 3 is 2.10 bits per heavy atom. The molecule has 0 spiro atoms. The molecule has 0 unspecified atom stereocenters. The van der Waals surface area contributed by atoms with Crippen LogP contribution in [0.2, 0.25) is 0 Å². The third-order valence-corrected chi connectivity index (χ3v) is 2.22. The predicted molar refractivity (Wildman–Crippen MR) is 38.7 cm³/mol. The molecule has 1 N–H and O–H groups in total. The molecule has 0 bridgehead atoms. The van der Waals surface area contributed by atoms with Gasteiger partial charge in [-0.3, -0.25) is 4.79 Å². The monoisotopic (exact) mass is 142 g/mol. The van der Waals surface area contributed by atoms with Gasteiger partial charge in [-0.15, -0.1) is 0 Å². The SMILES string of the molecule is CC(C)(C)[C@@H]1C[C@H]1C(=O)O. The molecule has 0 aliphatic heterocycles. The highest BCUT2D eigenvalue weighted by Crippen LogP contribution is 2.50. The Labute approximate surface area is 61.2 Å². The van der Waals surface area contributed by atoms with E-state index in [-0.39, 0.29) is 11.3 Å². The molecule has 10 heavy (non-hydrogen) atoms. The van der Waals surface area contributed by atoms with Crippen LogP contribution in [0.1, 0.15) is 27.2 Å². The van der Waals surface area contributed by atoms with Crippen LogP contribution in [0.5, 0.6) is 0 Å². The Hall–Kier alpha value is -0.530. The molecule has 0 saturated heterocycles. The van der Waals surface area contributed by atoms with Crippen LogP contribution in [-0.2, 0) is 4.79 Å². The van der Waals surface area contributed by atoms with E-state index in [1.807, 2.05) is 0 Å². The van der Waals surface area contributed by atoms with Crippen LogP contribution in [0.25, 0.3) is 0 Å². The minimum absolute atomic E-state index is 0.0556. The number of hydrogen-bond acceptors (Lipinski definition) is 1. The fourth-order valence-corrected chi connectivity index (χ4v) is 1.43. The van der Waals surface area contributed by atoms with Crippen molar-refractivity contribution >= 4 is 5.97 Å². The van der Waals surface area contributed by atoms with Gasteiger partial charge in [-0.2, -0.15) is 0 Å². The first-order valence-corrected chi connectivity index (χ1v) is 3.65. The fourth-order valence-electron chi connectivity index (χ4n) is 1.43. The van der Waals surface area contributed by atoms with E-state index >= 15 is 0 Å². The van der Waals surface area contributed by atoms with E-state index in [0.29, 0.717) is 5.92 Å². The molecule has 0 aromatic carbocycles. The molecule has 2 heteroatoms. The lowest BCUT2D eigenvalue weighted by Gasteiger charge is -2.16. The van der Waals surface area contributed by atoms with Crippen LogP contribution in [0.3, 0.4) is 0 Å². The standard InChI is InChI=1S/C8H14O2/c1-8(2,3)6-4-5(6)7(9)10/h5-6H,4H2,1-3H3,(H,9,10)/t5-,6-/m1/s1. The lowest BCUT2D eigenvalue weighted by atomic mass is 9.89. The molecule has 2 nitrogen and oxygen atoms in total. The van der Waals surface area contributed by atoms with Gasteiger partial charge >= 0.3 is 5.97 Å². The third-order valence-electron chi connectivity index (χ3n) is 2.22. The Balaban J connectivity index is 2.46. The average molecular weight is 142 g/mol. The smallest absolute Gasteiger partial charge is 0.306 e. The highest BCUT2D eigenvalue weighted by atomic mass is 16.4. The van der Waals surface area contributed by atoms with E-state index in [2.05, 4.69) is 20.8 Å². The Morgan fingerprint density at radius 1 is 1.50 bits per heavy atom. The quantitative estimate of drug-likeness (QED) is 0.605. The molecule has 2 atom stereocenters. The number of carbonyl (C=O) groups is 1. The third kappa shape index (κ3) is 1.31. The molecular weight excluding hydrogens is 128 g/mol. The minimum Gasteiger partial charge on any atom is -0.481 e. The molecule has 0 aromatic heterocycles. The van der Waals surface area contributed by atoms with Crippen molar-refractivity contribution in [1.29, 1.82) is 0 Å². The molecule has 0 radical (unpaired) electrons. The van der Waals surface area contributed by atoms with Gasteiger partial charge in [0.15, 0.2) is 0 Å². The molecule has 0 aromatic rings. The molecule has 1 rings (SSSR count). The highest BCUT2D eigenvalue weighted by Gasteiger charge is 2.49. The van der Waals surface area contributed by atoms with E-state index in [1.54, 1.807) is 0 Å². The van der Waals surface area contributed by atoms with Crippen molar-refractivity contribution in [3.05, 3.63) is 0 Å². The maximum atomic E-state index is 10.4. The van der Waals surface area contributed by atoms with Crippen LogP contribution in [0, 0.1) is 17.3 Å². The number of rotatable bonds is 1. The molecule has 0 heterocycles. The van der Waals surface area contributed by atoms with Crippen LogP contribution in [0.15, 0.2) is 0 Å². The van der Waals surface area contributed by atoms with Crippen LogP contribution < -0.4 is 0 Å². The summed E-state index contributed by atoms with van der Waals surface area (Å²) in [5, 5.41) is 8.59. The number of carboxylic acid groups (broad SMARTS) is 1. The van der Waals surface area contributed by atoms with E-state index in [9.17, 15) is 4.79 Å². The number of aliphatic carboxylic acids is 1. The summed E-state index contributed by atoms with van der Waals surface area (Å²) in [6, 6.07) is 0. The lowest BCUT2D eigenvalue weighted by Crippen LogP contribution is -2.12. The van der Waals surface area contributed by atoms with Crippen LogP contribution in [0.4, 0.5) is 0 Å². The van der Waals surface area contributed by atoms with Gasteiger partial charge in [-0.1, -0.05) is 20.8 Å². The van der Waals surface area contributed by atoms with E-state index in [4.69, 9.17) is 5.11 Å². The van der Waals surface area contributed by atoms with Crippen molar-refractivity contribution in [3.8, 4) is 0 Å². The zero-order chi connectivity index (χ0) is 7.94. The van der Waals surface area contributed by atoms with Crippen molar-refractivity contribution in [2.45, 2.75) is 27.2 Å². The van der Waals surface area contributed by atoms with Gasteiger partial charge < -0.3 is 5.11 Å². The minimum atomic E-state index is -0.625. The first-order chi connectivity index (χ1) is 4.43. The van der Waals surface area contributed by atoms with E-state index in [0.717, 1.165) is 6.42 Å². The number of hydrogen-bond donors (Lipinski definition) is 1. The molecule has 1 saturated carbocycles. The normalized spacial score (nSPS) is 31.9. The molecular formula is C8H14O2. The van der Waals surface area contributed by atoms with Gasteiger partial charge in [0.05, 0.1) is 5.92 Å². The predicted octanol–water partition coefficient (Wildman–Crippen LogP) is 1.75. The van der Waals surface area contributed by atoms with Crippen molar-refractivity contribution in [2.75, 3.05) is 0 Å². The molecule has 0 amide bonds. The maximum absolute atomic E-state index is 10.4. The van der Waals surface area contributed by atoms with Gasteiger partial charge in [0.25, 0.3) is 0 Å². The zero-order valence-corrected chi connectivity index (χ0v) is 6.72. The summed E-state index contributed by atoms with van der Waals surface area (Å²) in [4.78, 5) is 10.4. The van der Waals surface area contributed by atoms with Gasteiger partial charge in [0, 0.05) is 0 Å². The molecule has 58 valence electrons. The topological polar surface area (TPSA) is 37.3 Å². The van der Waals surface area contributed by atoms with Gasteiger partial charge in [-0.05, 0) is 17.8 Å². The second-order valence-corrected chi connectivity index (χ2v) is 4.15. The van der Waals surface area contributed by atoms with Gasteiger partial charge in [0.1, 0.15) is 0 Å². The largest absolute Gasteiger partial charge is 0.481 e. The van der Waals surface area contributed by atoms with Crippen molar-refractivity contribution < 1.29 is 9.90 Å². The first kappa shape index (κ1) is 7.58. The van der Waals surface area contributed by atoms with Crippen molar-refractivity contribution in [3.63, 3.8) is 0 Å². The summed E-state index contributed by atoms with van der Waals surface area (Å²) < 4.78 is 0. The van der Waals surface area contributed by atoms with Crippen molar-refractivity contribution in [2.24, 2.45) is 17.3 Å². The molecule has 1 aliphatic carbocycles. The summed E-state index contributed by atoms with van der Waals surface area (Å²) in [6.45, 7) is 6.29. The Morgan fingerprint density at radius 2 is 2.00 bits per heavy atom. The maximum Gasteiger partial charge on any atom is 0.306 e. The summed E-state index contributed by atoms with van der Waals surface area (Å²) >= 11 is 0. The molecule has 1 fully saturated rings. The summed E-state index contributed by atoms with van der Waals surface area (Å²) in [5.74, 6) is -0.273. The lowest BCUT2D eigenvalue weighted by molar-refractivity contribution is -0.139. The van der Waals surface area contributed by atoms with Gasteiger partial charge in [0.2, 0.25) is 0 Å². The van der Waals surface area contributed by atoms with Crippen LogP contribution in [-0.4, -0.2) is 11.1 Å². The second kappa shape index (κ2) is 1.97. The molecule has 1 aliphatic rings.